The average molecular weight is 553 g/mol. The number of hydrogen-bond donors (Lipinski definition) is 2. The van der Waals surface area contributed by atoms with Crippen LogP contribution >= 0.6 is 35.4 Å². The van der Waals surface area contributed by atoms with E-state index in [9.17, 15) is 9.59 Å². The predicted octanol–water partition coefficient (Wildman–Crippen LogP) is 5.83. The van der Waals surface area contributed by atoms with Crippen LogP contribution in [0.1, 0.15) is 20.9 Å². The van der Waals surface area contributed by atoms with Gasteiger partial charge in [0.2, 0.25) is 0 Å². The van der Waals surface area contributed by atoms with E-state index in [0.717, 1.165) is 16.8 Å². The number of carbonyl (C=O) groups is 2. The second-order valence-corrected chi connectivity index (χ2v) is 9.68. The van der Waals surface area contributed by atoms with Crippen molar-refractivity contribution in [1.82, 2.24) is 10.2 Å². The highest BCUT2D eigenvalue weighted by molar-refractivity contribution is 7.80. The highest BCUT2D eigenvalue weighted by Gasteiger charge is 2.25. The molecule has 2 heterocycles. The lowest BCUT2D eigenvalue weighted by molar-refractivity contribution is 0.0717. The molecule has 2 N–H and O–H groups in total. The van der Waals surface area contributed by atoms with Crippen LogP contribution in [0.5, 0.6) is 0 Å². The molecule has 1 saturated heterocycles. The first-order valence-electron chi connectivity index (χ1n) is 11.6. The molecule has 0 bridgehead atoms. The normalized spacial score (nSPS) is 13.5. The van der Waals surface area contributed by atoms with Gasteiger partial charge in [-0.1, -0.05) is 47.5 Å². The lowest BCUT2D eigenvalue weighted by Crippen LogP contribution is -2.48. The third-order valence-corrected chi connectivity index (χ3v) is 7.14. The first-order valence-corrected chi connectivity index (χ1v) is 12.7. The van der Waals surface area contributed by atoms with E-state index >= 15 is 0 Å². The second-order valence-electron chi connectivity index (χ2n) is 8.48. The molecular formula is C27H22Cl2N4O3S. The van der Waals surface area contributed by atoms with Gasteiger partial charge in [0.15, 0.2) is 10.9 Å². The van der Waals surface area contributed by atoms with Crippen LogP contribution in [0.4, 0.5) is 11.4 Å². The largest absolute Gasteiger partial charge is 0.451 e. The molecule has 5 rings (SSSR count). The van der Waals surface area contributed by atoms with Crippen molar-refractivity contribution < 1.29 is 14.0 Å². The maximum absolute atomic E-state index is 12.9. The summed E-state index contributed by atoms with van der Waals surface area (Å²) in [7, 11) is 0. The Morgan fingerprint density at radius 3 is 2.35 bits per heavy atom. The number of piperazine rings is 1. The van der Waals surface area contributed by atoms with Crippen LogP contribution in [0.3, 0.4) is 0 Å². The number of amides is 2. The van der Waals surface area contributed by atoms with Gasteiger partial charge in [0.25, 0.3) is 11.8 Å². The van der Waals surface area contributed by atoms with E-state index in [1.54, 1.807) is 24.3 Å². The summed E-state index contributed by atoms with van der Waals surface area (Å²) in [6.45, 7) is 2.59. The van der Waals surface area contributed by atoms with Gasteiger partial charge in [0, 0.05) is 42.9 Å². The van der Waals surface area contributed by atoms with Crippen LogP contribution in [0, 0.1) is 0 Å². The number of fused-ring (bicyclic) bond motifs is 1. The van der Waals surface area contributed by atoms with Gasteiger partial charge in [-0.2, -0.15) is 0 Å². The molecule has 1 fully saturated rings. The Balaban J connectivity index is 1.14. The lowest BCUT2D eigenvalue weighted by Gasteiger charge is -2.35. The fourth-order valence-electron chi connectivity index (χ4n) is 4.18. The number of furan rings is 1. The van der Waals surface area contributed by atoms with Gasteiger partial charge in [0.05, 0.1) is 15.6 Å². The predicted molar refractivity (Wildman–Crippen MR) is 151 cm³/mol. The zero-order valence-corrected chi connectivity index (χ0v) is 21.9. The number of halogens is 2. The molecular weight excluding hydrogens is 531 g/mol. The van der Waals surface area contributed by atoms with Crippen LogP contribution < -0.4 is 15.5 Å². The van der Waals surface area contributed by atoms with E-state index in [-0.39, 0.29) is 21.6 Å². The Bertz CT molecular complexity index is 1450. The van der Waals surface area contributed by atoms with E-state index in [2.05, 4.69) is 15.5 Å². The minimum absolute atomic E-state index is 0.0926. The number of nitrogens with zero attached hydrogens (tertiary/aromatic N) is 2. The monoisotopic (exact) mass is 552 g/mol. The fraction of sp³-hybridized carbons (Fsp3) is 0.148. The summed E-state index contributed by atoms with van der Waals surface area (Å²) in [4.78, 5) is 29.4. The first-order chi connectivity index (χ1) is 17.9. The Kier molecular flexibility index (Phi) is 7.32. The average Bonchev–Trinajstić information content (AvgIpc) is 3.35. The Labute approximate surface area is 228 Å². The third kappa shape index (κ3) is 5.56. The number of rotatable bonds is 4. The smallest absolute Gasteiger partial charge is 0.289 e. The number of para-hydroxylation sites is 1. The minimum Gasteiger partial charge on any atom is -0.451 e. The van der Waals surface area contributed by atoms with Gasteiger partial charge in [-0.05, 0) is 60.7 Å². The Morgan fingerprint density at radius 1 is 0.892 bits per heavy atom. The van der Waals surface area contributed by atoms with Crippen LogP contribution in [-0.4, -0.2) is 48.0 Å². The van der Waals surface area contributed by atoms with Crippen LogP contribution in [0.25, 0.3) is 11.0 Å². The summed E-state index contributed by atoms with van der Waals surface area (Å²) >= 11 is 17.4. The first kappa shape index (κ1) is 25.1. The summed E-state index contributed by atoms with van der Waals surface area (Å²) in [6.07, 6.45) is 0. The number of thiocarbonyl (C=S) groups is 1. The van der Waals surface area contributed by atoms with Crippen LogP contribution in [0.2, 0.25) is 10.0 Å². The summed E-state index contributed by atoms with van der Waals surface area (Å²) in [5.74, 6) is -0.174. The quantitative estimate of drug-likeness (QED) is 0.310. The van der Waals surface area contributed by atoms with Crippen molar-refractivity contribution in [2.45, 2.75) is 0 Å². The molecule has 7 nitrogen and oxygen atoms in total. The van der Waals surface area contributed by atoms with E-state index in [0.29, 0.717) is 42.5 Å². The summed E-state index contributed by atoms with van der Waals surface area (Å²) in [5.41, 5.74) is 2.71. The maximum Gasteiger partial charge on any atom is 0.289 e. The van der Waals surface area contributed by atoms with Crippen molar-refractivity contribution in [1.29, 1.82) is 0 Å². The highest BCUT2D eigenvalue weighted by Crippen LogP contribution is 2.26. The molecule has 0 spiro atoms. The molecule has 188 valence electrons. The molecule has 4 aromatic rings. The van der Waals surface area contributed by atoms with Crippen molar-refractivity contribution in [3.63, 3.8) is 0 Å². The summed E-state index contributed by atoms with van der Waals surface area (Å²) in [5, 5.41) is 7.15. The number of hydrogen-bond acceptors (Lipinski definition) is 5. The van der Waals surface area contributed by atoms with Crippen molar-refractivity contribution in [2.75, 3.05) is 36.4 Å². The Hall–Kier alpha value is -3.59. The van der Waals surface area contributed by atoms with Crippen molar-refractivity contribution in [2.24, 2.45) is 0 Å². The number of anilines is 2. The molecule has 2 amide bonds. The second kappa shape index (κ2) is 10.8. The standard InChI is InChI=1S/C27H22Cl2N4O3S/c28-21-6-3-5-20(24(21)29)25(34)31-27(37)30-18-8-10-19(11-9-18)32-12-14-33(15-13-32)26(35)23-16-17-4-1-2-7-22(17)36-23/h1-11,16H,12-15H2,(H2,30,31,34,37). The molecule has 0 saturated carbocycles. The minimum atomic E-state index is -0.448. The van der Waals surface area contributed by atoms with Crippen LogP contribution in [-0.2, 0) is 0 Å². The van der Waals surface area contributed by atoms with E-state index in [1.165, 1.54) is 0 Å². The molecule has 0 radical (unpaired) electrons. The van der Waals surface area contributed by atoms with Crippen molar-refractivity contribution in [3.8, 4) is 0 Å². The topological polar surface area (TPSA) is 77.8 Å². The fourth-order valence-corrected chi connectivity index (χ4v) is 4.78. The lowest BCUT2D eigenvalue weighted by atomic mass is 10.2. The molecule has 1 aliphatic heterocycles. The number of carbonyl (C=O) groups excluding carboxylic acids is 2. The highest BCUT2D eigenvalue weighted by atomic mass is 35.5. The molecule has 1 aliphatic rings. The molecule has 10 heteroatoms. The zero-order chi connectivity index (χ0) is 25.9. The van der Waals surface area contributed by atoms with Crippen molar-refractivity contribution >= 4 is 74.7 Å². The van der Waals surface area contributed by atoms with Crippen molar-refractivity contribution in [3.05, 3.63) is 94.2 Å². The molecule has 37 heavy (non-hydrogen) atoms. The number of nitrogens with one attached hydrogen (secondary N) is 2. The molecule has 0 aliphatic carbocycles. The van der Waals surface area contributed by atoms with Crippen LogP contribution in [0.15, 0.2) is 77.2 Å². The number of benzene rings is 3. The van der Waals surface area contributed by atoms with Gasteiger partial charge in [0.1, 0.15) is 5.58 Å². The SMILES string of the molecule is O=C(NC(=S)Nc1ccc(N2CCN(C(=O)c3cc4ccccc4o3)CC2)cc1)c1cccc(Cl)c1Cl. The molecule has 3 aromatic carbocycles. The molecule has 0 atom stereocenters. The van der Waals surface area contributed by atoms with Gasteiger partial charge < -0.3 is 19.5 Å². The van der Waals surface area contributed by atoms with Gasteiger partial charge in [-0.25, -0.2) is 0 Å². The third-order valence-electron chi connectivity index (χ3n) is 6.12. The zero-order valence-electron chi connectivity index (χ0n) is 19.5. The van der Waals surface area contributed by atoms with E-state index < -0.39 is 5.91 Å². The Morgan fingerprint density at radius 2 is 1.62 bits per heavy atom. The molecule has 1 aromatic heterocycles. The summed E-state index contributed by atoms with van der Waals surface area (Å²) in [6, 6.07) is 21.9. The maximum atomic E-state index is 12.9. The van der Waals surface area contributed by atoms with Gasteiger partial charge in [-0.15, -0.1) is 0 Å². The van der Waals surface area contributed by atoms with E-state index in [1.807, 2.05) is 53.4 Å². The summed E-state index contributed by atoms with van der Waals surface area (Å²) < 4.78 is 5.74. The molecule has 0 unspecified atom stereocenters. The van der Waals surface area contributed by atoms with E-state index in [4.69, 9.17) is 39.8 Å². The van der Waals surface area contributed by atoms with Gasteiger partial charge in [-0.3, -0.25) is 14.9 Å². The van der Waals surface area contributed by atoms with Gasteiger partial charge >= 0.3 is 0 Å².